The van der Waals surface area contributed by atoms with Crippen molar-refractivity contribution in [3.8, 4) is 0 Å². The van der Waals surface area contributed by atoms with Crippen LogP contribution in [0.5, 0.6) is 0 Å². The Balaban J connectivity index is 2.11. The molecule has 0 aliphatic carbocycles. The minimum Gasteiger partial charge on any atom is -0.385 e. The minimum atomic E-state index is 0.176. The molecule has 1 aromatic carbocycles. The van der Waals surface area contributed by atoms with Gasteiger partial charge in [-0.05, 0) is 55.9 Å². The predicted molar refractivity (Wildman–Crippen MR) is 84.2 cm³/mol. The molecule has 1 aliphatic rings. The van der Waals surface area contributed by atoms with Crippen LogP contribution >= 0.6 is 0 Å². The van der Waals surface area contributed by atoms with E-state index in [4.69, 9.17) is 0 Å². The Labute approximate surface area is 122 Å². The Morgan fingerprint density at radius 3 is 2.70 bits per heavy atom. The summed E-state index contributed by atoms with van der Waals surface area (Å²) in [4.78, 5) is 14.6. The molecule has 1 amide bonds. The van der Waals surface area contributed by atoms with E-state index in [1.165, 1.54) is 0 Å². The van der Waals surface area contributed by atoms with Crippen LogP contribution in [0.15, 0.2) is 18.2 Å². The number of aryl methyl sites for hydroxylation is 1. The van der Waals surface area contributed by atoms with E-state index >= 15 is 0 Å². The largest absolute Gasteiger partial charge is 0.385 e. The fraction of sp³-hybridized carbons (Fsp3) is 0.588. The third-order valence-electron chi connectivity index (χ3n) is 4.46. The van der Waals surface area contributed by atoms with Crippen molar-refractivity contribution in [1.82, 2.24) is 4.90 Å². The molecular formula is C17H26N2O. The highest BCUT2D eigenvalue weighted by molar-refractivity contribution is 5.95. The maximum Gasteiger partial charge on any atom is 0.253 e. The summed E-state index contributed by atoms with van der Waals surface area (Å²) in [5.74, 6) is 1.49. The number of piperidine rings is 1. The number of rotatable bonds is 3. The molecule has 2 rings (SSSR count). The zero-order valence-electron chi connectivity index (χ0n) is 13.1. The van der Waals surface area contributed by atoms with Crippen molar-refractivity contribution in [3.05, 3.63) is 29.3 Å². The van der Waals surface area contributed by atoms with Crippen molar-refractivity contribution in [3.63, 3.8) is 0 Å². The third-order valence-corrected chi connectivity index (χ3v) is 4.46. The fourth-order valence-corrected chi connectivity index (χ4v) is 2.82. The summed E-state index contributed by atoms with van der Waals surface area (Å²) >= 11 is 0. The lowest BCUT2D eigenvalue weighted by molar-refractivity contribution is 0.0627. The summed E-state index contributed by atoms with van der Waals surface area (Å²) in [7, 11) is 0. The van der Waals surface area contributed by atoms with Gasteiger partial charge in [0.15, 0.2) is 0 Å². The van der Waals surface area contributed by atoms with Gasteiger partial charge in [0.1, 0.15) is 0 Å². The van der Waals surface area contributed by atoms with E-state index in [1.807, 2.05) is 23.1 Å². The number of hydrogen-bond acceptors (Lipinski definition) is 2. The number of likely N-dealkylation sites (tertiary alicyclic amines) is 1. The zero-order valence-corrected chi connectivity index (χ0v) is 13.1. The Kier molecular flexibility index (Phi) is 4.69. The van der Waals surface area contributed by atoms with Gasteiger partial charge in [0.2, 0.25) is 0 Å². The molecule has 0 spiro atoms. The van der Waals surface area contributed by atoms with Gasteiger partial charge >= 0.3 is 0 Å². The van der Waals surface area contributed by atoms with Gasteiger partial charge < -0.3 is 10.2 Å². The monoisotopic (exact) mass is 274 g/mol. The van der Waals surface area contributed by atoms with Crippen LogP contribution in [0.3, 0.4) is 0 Å². The van der Waals surface area contributed by atoms with Gasteiger partial charge in [0.05, 0.1) is 0 Å². The highest BCUT2D eigenvalue weighted by atomic mass is 16.2. The SMILES string of the molecule is CCNc1ccc(C(=O)N2CCC(C)C(C)C2)cc1C. The number of anilines is 1. The maximum atomic E-state index is 12.6. The van der Waals surface area contributed by atoms with Gasteiger partial charge in [-0.15, -0.1) is 0 Å². The van der Waals surface area contributed by atoms with Crippen LogP contribution < -0.4 is 5.32 Å². The summed E-state index contributed by atoms with van der Waals surface area (Å²) < 4.78 is 0. The molecule has 0 aromatic heterocycles. The molecule has 2 atom stereocenters. The summed E-state index contributed by atoms with van der Waals surface area (Å²) in [5, 5.41) is 3.31. The Bertz CT molecular complexity index is 484. The van der Waals surface area contributed by atoms with Gasteiger partial charge in [-0.25, -0.2) is 0 Å². The Morgan fingerprint density at radius 1 is 1.35 bits per heavy atom. The van der Waals surface area contributed by atoms with Crippen molar-refractivity contribution in [2.75, 3.05) is 25.0 Å². The number of hydrogen-bond donors (Lipinski definition) is 1. The Morgan fingerprint density at radius 2 is 2.10 bits per heavy atom. The number of benzene rings is 1. The van der Waals surface area contributed by atoms with Crippen molar-refractivity contribution in [1.29, 1.82) is 0 Å². The number of carbonyl (C=O) groups excluding carboxylic acids is 1. The normalized spacial score (nSPS) is 22.7. The average Bonchev–Trinajstić information content (AvgIpc) is 2.43. The van der Waals surface area contributed by atoms with Crippen LogP contribution in [0.25, 0.3) is 0 Å². The van der Waals surface area contributed by atoms with Crippen molar-refractivity contribution >= 4 is 11.6 Å². The number of nitrogens with zero attached hydrogens (tertiary/aromatic N) is 1. The van der Waals surface area contributed by atoms with Crippen LogP contribution in [-0.2, 0) is 0 Å². The van der Waals surface area contributed by atoms with Crippen LogP contribution in [-0.4, -0.2) is 30.4 Å². The van der Waals surface area contributed by atoms with Crippen LogP contribution in [0, 0.1) is 18.8 Å². The molecule has 3 heteroatoms. The molecular weight excluding hydrogens is 248 g/mol. The van der Waals surface area contributed by atoms with E-state index < -0.39 is 0 Å². The molecule has 0 saturated carbocycles. The van der Waals surface area contributed by atoms with Gasteiger partial charge in [0.25, 0.3) is 5.91 Å². The molecule has 1 aromatic rings. The second-order valence-corrected chi connectivity index (χ2v) is 6.05. The van der Waals surface area contributed by atoms with Crippen LogP contribution in [0.4, 0.5) is 5.69 Å². The molecule has 1 N–H and O–H groups in total. The first-order valence-electron chi connectivity index (χ1n) is 7.66. The fourth-order valence-electron chi connectivity index (χ4n) is 2.82. The molecule has 0 bridgehead atoms. The maximum absolute atomic E-state index is 12.6. The molecule has 1 heterocycles. The van der Waals surface area contributed by atoms with Gasteiger partial charge in [-0.3, -0.25) is 4.79 Å². The van der Waals surface area contributed by atoms with E-state index in [0.29, 0.717) is 5.92 Å². The van der Waals surface area contributed by atoms with E-state index in [9.17, 15) is 4.79 Å². The smallest absolute Gasteiger partial charge is 0.253 e. The summed E-state index contributed by atoms with van der Waals surface area (Å²) in [5.41, 5.74) is 3.06. The molecule has 0 radical (unpaired) electrons. The van der Waals surface area contributed by atoms with E-state index in [2.05, 4.69) is 33.0 Å². The van der Waals surface area contributed by atoms with Crippen LogP contribution in [0.1, 0.15) is 43.1 Å². The van der Waals surface area contributed by atoms with E-state index in [-0.39, 0.29) is 5.91 Å². The minimum absolute atomic E-state index is 0.176. The first-order chi connectivity index (χ1) is 9.52. The molecule has 1 fully saturated rings. The highest BCUT2D eigenvalue weighted by Crippen LogP contribution is 2.24. The van der Waals surface area contributed by atoms with E-state index in [0.717, 1.165) is 48.8 Å². The first-order valence-corrected chi connectivity index (χ1v) is 7.66. The van der Waals surface area contributed by atoms with E-state index in [1.54, 1.807) is 0 Å². The number of carbonyl (C=O) groups is 1. The van der Waals surface area contributed by atoms with Crippen molar-refractivity contribution < 1.29 is 4.79 Å². The molecule has 2 unspecified atom stereocenters. The lowest BCUT2D eigenvalue weighted by Gasteiger charge is -2.35. The summed E-state index contributed by atoms with van der Waals surface area (Å²) in [6.45, 7) is 11.3. The summed E-state index contributed by atoms with van der Waals surface area (Å²) in [6, 6.07) is 5.96. The van der Waals surface area contributed by atoms with Crippen molar-refractivity contribution in [2.24, 2.45) is 11.8 Å². The summed E-state index contributed by atoms with van der Waals surface area (Å²) in [6.07, 6.45) is 1.11. The first kappa shape index (κ1) is 14.9. The topological polar surface area (TPSA) is 32.3 Å². The lowest BCUT2D eigenvalue weighted by atomic mass is 9.88. The molecule has 3 nitrogen and oxygen atoms in total. The average molecular weight is 274 g/mol. The second-order valence-electron chi connectivity index (χ2n) is 6.05. The van der Waals surface area contributed by atoms with Gasteiger partial charge in [-0.2, -0.15) is 0 Å². The quantitative estimate of drug-likeness (QED) is 0.914. The van der Waals surface area contributed by atoms with Gasteiger partial charge in [0, 0.05) is 30.9 Å². The number of nitrogens with one attached hydrogen (secondary N) is 1. The predicted octanol–water partition coefficient (Wildman–Crippen LogP) is 3.54. The van der Waals surface area contributed by atoms with Crippen molar-refractivity contribution in [2.45, 2.75) is 34.1 Å². The second kappa shape index (κ2) is 6.29. The molecule has 1 aliphatic heterocycles. The molecule has 110 valence electrons. The lowest BCUT2D eigenvalue weighted by Crippen LogP contribution is -2.42. The molecule has 1 saturated heterocycles. The molecule has 20 heavy (non-hydrogen) atoms. The zero-order chi connectivity index (χ0) is 14.7. The van der Waals surface area contributed by atoms with Crippen LogP contribution in [0.2, 0.25) is 0 Å². The standard InChI is InChI=1S/C17H26N2O/c1-5-18-16-7-6-15(10-13(16)3)17(20)19-9-8-12(2)14(4)11-19/h6-7,10,12,14,18H,5,8-9,11H2,1-4H3. The highest BCUT2D eigenvalue weighted by Gasteiger charge is 2.26. The third kappa shape index (κ3) is 3.14. The van der Waals surface area contributed by atoms with Gasteiger partial charge in [-0.1, -0.05) is 13.8 Å². The number of amides is 1. The Hall–Kier alpha value is -1.51.